The second kappa shape index (κ2) is 5.64. The van der Waals surface area contributed by atoms with Gasteiger partial charge in [0, 0.05) is 31.2 Å². The topological polar surface area (TPSA) is 99.6 Å². The normalized spacial score (nSPS) is 20.1. The van der Waals surface area contributed by atoms with Gasteiger partial charge >= 0.3 is 5.97 Å². The van der Waals surface area contributed by atoms with E-state index in [1.165, 1.54) is 10.4 Å². The highest BCUT2D eigenvalue weighted by atomic mass is 32.2. The molecule has 1 atom stereocenters. The molecule has 116 valence electrons. The number of carboxylic acids is 1. The number of benzene rings is 1. The van der Waals surface area contributed by atoms with Crippen LogP contribution in [-0.2, 0) is 14.8 Å². The minimum absolute atomic E-state index is 0.0963. The lowest BCUT2D eigenvalue weighted by molar-refractivity contribution is -0.140. The van der Waals surface area contributed by atoms with Gasteiger partial charge in [-0.3, -0.25) is 9.78 Å². The van der Waals surface area contributed by atoms with Crippen molar-refractivity contribution in [3.05, 3.63) is 36.5 Å². The molecule has 3 rings (SSSR count). The number of rotatable bonds is 3. The summed E-state index contributed by atoms with van der Waals surface area (Å²) < 4.78 is 26.9. The largest absolute Gasteiger partial charge is 0.480 e. The molecule has 8 heteroatoms. The summed E-state index contributed by atoms with van der Waals surface area (Å²) in [4.78, 5) is 15.3. The predicted octanol–water partition coefficient (Wildman–Crippen LogP) is 0.282. The summed E-state index contributed by atoms with van der Waals surface area (Å²) in [6.07, 6.45) is 1.54. The first kappa shape index (κ1) is 14.9. The SMILES string of the molecule is O=C(O)[C@H]1CN(S(=O)(=O)c2cccc3cccnc23)CCN1. The van der Waals surface area contributed by atoms with Crippen LogP contribution in [0.15, 0.2) is 41.4 Å². The van der Waals surface area contributed by atoms with Gasteiger partial charge in [-0.15, -0.1) is 0 Å². The van der Waals surface area contributed by atoms with Crippen LogP contribution in [0.1, 0.15) is 0 Å². The number of aliphatic carboxylic acids is 1. The first-order valence-electron chi connectivity index (χ1n) is 6.80. The van der Waals surface area contributed by atoms with Crippen molar-refractivity contribution >= 4 is 26.9 Å². The summed E-state index contributed by atoms with van der Waals surface area (Å²) in [5.74, 6) is -1.06. The number of carboxylic acid groups (broad SMARTS) is 1. The second-order valence-electron chi connectivity index (χ2n) is 5.04. The van der Waals surface area contributed by atoms with Crippen LogP contribution < -0.4 is 5.32 Å². The first-order chi connectivity index (χ1) is 10.5. The first-order valence-corrected chi connectivity index (χ1v) is 8.24. The van der Waals surface area contributed by atoms with Gasteiger partial charge in [0.1, 0.15) is 10.9 Å². The van der Waals surface area contributed by atoms with Crippen molar-refractivity contribution in [2.75, 3.05) is 19.6 Å². The van der Waals surface area contributed by atoms with Crippen molar-refractivity contribution in [3.8, 4) is 0 Å². The number of fused-ring (bicyclic) bond motifs is 1. The Balaban J connectivity index is 2.03. The number of pyridine rings is 1. The van der Waals surface area contributed by atoms with Crippen LogP contribution >= 0.6 is 0 Å². The molecule has 1 saturated heterocycles. The fraction of sp³-hybridized carbons (Fsp3) is 0.286. The summed E-state index contributed by atoms with van der Waals surface area (Å²) in [6.45, 7) is 0.435. The van der Waals surface area contributed by atoms with Crippen LogP contribution in [0.2, 0.25) is 0 Å². The summed E-state index contributed by atoms with van der Waals surface area (Å²) in [5, 5.41) is 12.6. The van der Waals surface area contributed by atoms with E-state index >= 15 is 0 Å². The van der Waals surface area contributed by atoms with Gasteiger partial charge in [-0.05, 0) is 12.1 Å². The van der Waals surface area contributed by atoms with Crippen LogP contribution in [-0.4, -0.2) is 54.5 Å². The summed E-state index contributed by atoms with van der Waals surface area (Å²) in [5.41, 5.74) is 0.399. The fourth-order valence-corrected chi connectivity index (χ4v) is 4.15. The molecule has 1 aliphatic rings. The molecule has 2 N–H and O–H groups in total. The molecule has 22 heavy (non-hydrogen) atoms. The van der Waals surface area contributed by atoms with Crippen molar-refractivity contribution in [1.82, 2.24) is 14.6 Å². The lowest BCUT2D eigenvalue weighted by Gasteiger charge is -2.30. The summed E-state index contributed by atoms with van der Waals surface area (Å²) in [7, 11) is -3.79. The molecule has 2 aromatic rings. The van der Waals surface area contributed by atoms with E-state index in [0.717, 1.165) is 5.39 Å². The molecule has 2 heterocycles. The Bertz CT molecular complexity index is 816. The number of carbonyl (C=O) groups is 1. The summed E-state index contributed by atoms with van der Waals surface area (Å²) >= 11 is 0. The maximum atomic E-state index is 12.8. The highest BCUT2D eigenvalue weighted by Gasteiger charge is 2.34. The monoisotopic (exact) mass is 321 g/mol. The summed E-state index contributed by atoms with van der Waals surface area (Å²) in [6, 6.07) is 7.59. The lowest BCUT2D eigenvalue weighted by Crippen LogP contribution is -2.55. The molecule has 0 bridgehead atoms. The number of piperazine rings is 1. The zero-order chi connectivity index (χ0) is 15.7. The van der Waals surface area contributed by atoms with Crippen molar-refractivity contribution in [1.29, 1.82) is 0 Å². The van der Waals surface area contributed by atoms with Gasteiger partial charge in [0.05, 0.1) is 5.52 Å². The van der Waals surface area contributed by atoms with E-state index in [0.29, 0.717) is 12.1 Å². The molecule has 1 aromatic carbocycles. The van der Waals surface area contributed by atoms with Crippen molar-refractivity contribution < 1.29 is 18.3 Å². The molecule has 0 aliphatic carbocycles. The van der Waals surface area contributed by atoms with Gasteiger partial charge in [-0.2, -0.15) is 4.31 Å². The number of para-hydroxylation sites is 1. The molecule has 0 spiro atoms. The highest BCUT2D eigenvalue weighted by molar-refractivity contribution is 7.89. The molecule has 1 aromatic heterocycles. The number of sulfonamides is 1. The van der Waals surface area contributed by atoms with E-state index in [4.69, 9.17) is 5.11 Å². The van der Waals surface area contributed by atoms with E-state index in [9.17, 15) is 13.2 Å². The maximum Gasteiger partial charge on any atom is 0.322 e. The minimum atomic E-state index is -3.79. The Kier molecular flexibility index (Phi) is 3.81. The predicted molar refractivity (Wildman–Crippen MR) is 79.9 cm³/mol. The van der Waals surface area contributed by atoms with E-state index in [-0.39, 0.29) is 18.0 Å². The van der Waals surface area contributed by atoms with Crippen LogP contribution in [0.3, 0.4) is 0 Å². The Hall–Kier alpha value is -2.03. The molecule has 1 fully saturated rings. The molecule has 0 radical (unpaired) electrons. The molecule has 0 saturated carbocycles. The van der Waals surface area contributed by atoms with Gasteiger partial charge < -0.3 is 10.4 Å². The second-order valence-corrected chi connectivity index (χ2v) is 6.95. The number of nitrogens with zero attached hydrogens (tertiary/aromatic N) is 2. The third-order valence-corrected chi connectivity index (χ3v) is 5.55. The van der Waals surface area contributed by atoms with E-state index in [1.807, 2.05) is 0 Å². The van der Waals surface area contributed by atoms with Gasteiger partial charge in [0.2, 0.25) is 10.0 Å². The Morgan fingerprint density at radius 3 is 2.86 bits per heavy atom. The molecular weight excluding hydrogens is 306 g/mol. The third kappa shape index (κ3) is 2.56. The van der Waals surface area contributed by atoms with Crippen LogP contribution in [0.4, 0.5) is 0 Å². The molecule has 0 unspecified atom stereocenters. The lowest BCUT2D eigenvalue weighted by atomic mass is 10.2. The van der Waals surface area contributed by atoms with Crippen LogP contribution in [0.5, 0.6) is 0 Å². The van der Waals surface area contributed by atoms with Gasteiger partial charge in [-0.1, -0.05) is 18.2 Å². The van der Waals surface area contributed by atoms with E-state index < -0.39 is 22.0 Å². The zero-order valence-electron chi connectivity index (χ0n) is 11.6. The minimum Gasteiger partial charge on any atom is -0.480 e. The van der Waals surface area contributed by atoms with Crippen molar-refractivity contribution in [2.24, 2.45) is 0 Å². The van der Waals surface area contributed by atoms with E-state index in [2.05, 4.69) is 10.3 Å². The third-order valence-electron chi connectivity index (χ3n) is 3.65. The van der Waals surface area contributed by atoms with Crippen LogP contribution in [0.25, 0.3) is 10.9 Å². The fourth-order valence-electron chi connectivity index (χ4n) is 2.53. The Morgan fingerprint density at radius 2 is 2.09 bits per heavy atom. The number of hydrogen-bond acceptors (Lipinski definition) is 5. The molecule has 7 nitrogen and oxygen atoms in total. The zero-order valence-corrected chi connectivity index (χ0v) is 12.5. The highest BCUT2D eigenvalue weighted by Crippen LogP contribution is 2.24. The van der Waals surface area contributed by atoms with E-state index in [1.54, 1.807) is 30.5 Å². The average Bonchev–Trinajstić information content (AvgIpc) is 2.54. The smallest absolute Gasteiger partial charge is 0.322 e. The quantitative estimate of drug-likeness (QED) is 0.842. The number of aromatic nitrogens is 1. The van der Waals surface area contributed by atoms with Crippen molar-refractivity contribution in [3.63, 3.8) is 0 Å². The Morgan fingerprint density at radius 1 is 1.32 bits per heavy atom. The van der Waals surface area contributed by atoms with Gasteiger partial charge in [0.15, 0.2) is 0 Å². The van der Waals surface area contributed by atoms with Crippen LogP contribution in [0, 0.1) is 0 Å². The number of hydrogen-bond donors (Lipinski definition) is 2. The molecule has 1 aliphatic heterocycles. The average molecular weight is 321 g/mol. The van der Waals surface area contributed by atoms with Gasteiger partial charge in [0.25, 0.3) is 0 Å². The standard InChI is InChI=1S/C14H15N3O4S/c18-14(19)11-9-17(8-7-15-11)22(20,21)12-5-1-3-10-4-2-6-16-13(10)12/h1-6,11,15H,7-9H2,(H,18,19)/t11-/m1/s1. The molecular formula is C14H15N3O4S. The molecule has 0 amide bonds. The Labute approximate surface area is 127 Å². The van der Waals surface area contributed by atoms with Gasteiger partial charge in [-0.25, -0.2) is 8.42 Å². The number of nitrogens with one attached hydrogen (secondary N) is 1. The van der Waals surface area contributed by atoms with Crippen molar-refractivity contribution in [2.45, 2.75) is 10.9 Å². The maximum absolute atomic E-state index is 12.8.